The summed E-state index contributed by atoms with van der Waals surface area (Å²) in [5.41, 5.74) is 0. The van der Waals surface area contributed by atoms with Crippen molar-refractivity contribution in [2.24, 2.45) is 0 Å². The van der Waals surface area contributed by atoms with E-state index in [0.29, 0.717) is 6.42 Å². The molecule has 0 rings (SSSR count). The number of carbonyl (C=O) groups is 1. The number of carbonyl (C=O) groups excluding carboxylic acids is 1. The summed E-state index contributed by atoms with van der Waals surface area (Å²) >= 11 is 0. The molecule has 2 unspecified atom stereocenters. The lowest BCUT2D eigenvalue weighted by Crippen LogP contribution is -2.45. The van der Waals surface area contributed by atoms with E-state index < -0.39 is 12.1 Å². The molecule has 4 heteroatoms. The Labute approximate surface area is 534 Å². The highest BCUT2D eigenvalue weighted by molar-refractivity contribution is 5.76. The Kier molecular flexibility index (Phi) is 71.3. The third-order valence-corrected chi connectivity index (χ3v) is 15.7. The molecule has 0 heterocycles. The van der Waals surface area contributed by atoms with E-state index in [1.807, 2.05) is 6.08 Å². The third kappa shape index (κ3) is 70.5. The largest absolute Gasteiger partial charge is 0.394 e. The Morgan fingerprint density at radius 3 is 0.814 bits per heavy atom. The van der Waals surface area contributed by atoms with Crippen LogP contribution in [0.25, 0.3) is 0 Å². The first-order valence-electron chi connectivity index (χ1n) is 36.3. The first-order chi connectivity index (χ1) is 42.7. The summed E-state index contributed by atoms with van der Waals surface area (Å²) in [6.07, 6.45) is 120. The van der Waals surface area contributed by atoms with Gasteiger partial charge in [-0.3, -0.25) is 4.79 Å². The summed E-state index contributed by atoms with van der Waals surface area (Å²) in [5.74, 6) is -0.0935. The number of allylic oxidation sites excluding steroid dienone is 27. The monoisotopic (exact) mass is 1180 g/mol. The molecule has 1 amide bonds. The van der Waals surface area contributed by atoms with Crippen molar-refractivity contribution in [2.75, 3.05) is 6.61 Å². The lowest BCUT2D eigenvalue weighted by Gasteiger charge is -2.19. The number of hydrogen-bond donors (Lipinski definition) is 3. The van der Waals surface area contributed by atoms with E-state index in [0.717, 1.165) is 122 Å². The molecule has 4 nitrogen and oxygen atoms in total. The summed E-state index contributed by atoms with van der Waals surface area (Å²) in [6.45, 7) is 4.19. The molecule has 0 saturated heterocycles. The molecular formula is C82H137NO3. The molecule has 2 atom stereocenters. The van der Waals surface area contributed by atoms with E-state index in [4.69, 9.17) is 0 Å². The standard InChI is InChI=1S/C82H137NO3/c1-3-5-7-9-11-13-15-17-19-21-23-25-27-29-31-33-35-37-38-39-40-41-42-43-44-46-48-50-52-54-56-58-60-62-64-66-68-70-72-74-76-78-82(86)83-80(79-84)81(85)77-75-73-71-69-67-65-63-61-59-57-55-53-51-49-47-45-36-34-32-30-28-26-24-22-20-18-16-14-12-10-8-6-4-2/h5,7,11,13,17,19,23,25,29,31,35,37,39-40,42-43,46,48,52,54,58-61,67,69,75,77,80-81,84-85H,3-4,6,8-10,12,14-16,18,20-22,24,26-28,30,32-34,36,38,41,44-45,47,49-51,53,55-57,62-66,68,70-74,76,78-79H2,1-2H3,(H,83,86)/b7-5-,13-11-,19-17-,25-23-,31-29-,37-35-,40-39-,43-42-,48-46-,54-52-,60-58-,61-59+,69-67+,77-75+. The van der Waals surface area contributed by atoms with Crippen LogP contribution in [0, 0.1) is 0 Å². The summed E-state index contributed by atoms with van der Waals surface area (Å²) in [4.78, 5) is 12.5. The van der Waals surface area contributed by atoms with Gasteiger partial charge in [0.05, 0.1) is 18.8 Å². The Morgan fingerprint density at radius 2 is 0.523 bits per heavy atom. The Bertz CT molecular complexity index is 1830. The number of rotatable bonds is 65. The normalized spacial score (nSPS) is 13.8. The highest BCUT2D eigenvalue weighted by atomic mass is 16.3. The molecule has 0 spiro atoms. The van der Waals surface area contributed by atoms with Gasteiger partial charge in [0.25, 0.3) is 0 Å². The molecule has 0 bridgehead atoms. The van der Waals surface area contributed by atoms with Crippen LogP contribution in [0.2, 0.25) is 0 Å². The molecule has 86 heavy (non-hydrogen) atoms. The van der Waals surface area contributed by atoms with Gasteiger partial charge >= 0.3 is 0 Å². The smallest absolute Gasteiger partial charge is 0.220 e. The molecule has 0 aliphatic rings. The van der Waals surface area contributed by atoms with Crippen LogP contribution >= 0.6 is 0 Å². The number of nitrogens with one attached hydrogen (secondary N) is 1. The SMILES string of the molecule is CC/C=C\C/C=C\C/C=C\C/C=C\C/C=C\C/C=C\C/C=C\C/C=C\C/C=C\C/C=C\C/C=C\CCCCCCCCCC(=O)NC(CO)C(O)/C=C/CC/C=C/CC/C=C/CCCCCCCCCCCCCCCCCCCCCCCCC. The van der Waals surface area contributed by atoms with E-state index in [1.165, 1.54) is 180 Å². The van der Waals surface area contributed by atoms with Gasteiger partial charge in [0.2, 0.25) is 5.91 Å². The number of unbranched alkanes of at least 4 members (excludes halogenated alkanes) is 32. The zero-order valence-corrected chi connectivity index (χ0v) is 56.3. The van der Waals surface area contributed by atoms with Crippen LogP contribution in [0.3, 0.4) is 0 Å². The van der Waals surface area contributed by atoms with Crippen LogP contribution < -0.4 is 5.32 Å². The van der Waals surface area contributed by atoms with Crippen LogP contribution in [-0.4, -0.2) is 34.9 Å². The highest BCUT2D eigenvalue weighted by Gasteiger charge is 2.18. The molecule has 488 valence electrons. The van der Waals surface area contributed by atoms with Gasteiger partial charge in [-0.25, -0.2) is 0 Å². The molecule has 0 aromatic rings. The minimum absolute atomic E-state index is 0.0935. The minimum atomic E-state index is -0.890. The van der Waals surface area contributed by atoms with Crippen molar-refractivity contribution in [3.05, 3.63) is 170 Å². The van der Waals surface area contributed by atoms with E-state index in [9.17, 15) is 15.0 Å². The fourth-order valence-corrected chi connectivity index (χ4v) is 10.2. The average Bonchev–Trinajstić information content (AvgIpc) is 3.59. The molecule has 0 aromatic heterocycles. The van der Waals surface area contributed by atoms with Gasteiger partial charge in [-0.15, -0.1) is 0 Å². The predicted molar refractivity (Wildman–Crippen MR) is 386 cm³/mol. The van der Waals surface area contributed by atoms with E-state index in [2.05, 4.69) is 177 Å². The van der Waals surface area contributed by atoms with Gasteiger partial charge in [-0.05, 0) is 128 Å². The average molecular weight is 1190 g/mol. The summed E-state index contributed by atoms with van der Waals surface area (Å²) in [6, 6.07) is -0.667. The molecule has 3 N–H and O–H groups in total. The predicted octanol–water partition coefficient (Wildman–Crippen LogP) is 25.4. The van der Waals surface area contributed by atoms with Crippen LogP contribution in [0.1, 0.15) is 322 Å². The van der Waals surface area contributed by atoms with Gasteiger partial charge in [0, 0.05) is 6.42 Å². The van der Waals surface area contributed by atoms with Gasteiger partial charge in [-0.1, -0.05) is 357 Å². The third-order valence-electron chi connectivity index (χ3n) is 15.7. The zero-order chi connectivity index (χ0) is 61.9. The molecule has 0 saturated carbocycles. The van der Waals surface area contributed by atoms with Gasteiger partial charge in [0.15, 0.2) is 0 Å². The zero-order valence-electron chi connectivity index (χ0n) is 56.3. The first kappa shape index (κ1) is 81.8. The maximum Gasteiger partial charge on any atom is 0.220 e. The second-order valence-corrected chi connectivity index (χ2v) is 23.9. The van der Waals surface area contributed by atoms with Gasteiger partial charge in [0.1, 0.15) is 0 Å². The van der Waals surface area contributed by atoms with Crippen molar-refractivity contribution >= 4 is 5.91 Å². The summed E-state index contributed by atoms with van der Waals surface area (Å²) in [7, 11) is 0. The number of hydrogen-bond acceptors (Lipinski definition) is 3. The number of aliphatic hydroxyl groups excluding tert-OH is 2. The van der Waals surface area contributed by atoms with E-state index >= 15 is 0 Å². The number of aliphatic hydroxyl groups is 2. The number of amides is 1. The fraction of sp³-hybridized carbons (Fsp3) is 0.646. The fourth-order valence-electron chi connectivity index (χ4n) is 10.2. The van der Waals surface area contributed by atoms with Crippen molar-refractivity contribution < 1.29 is 15.0 Å². The Morgan fingerprint density at radius 1 is 0.291 bits per heavy atom. The lowest BCUT2D eigenvalue weighted by atomic mass is 10.0. The molecule has 0 aliphatic carbocycles. The van der Waals surface area contributed by atoms with Crippen LogP contribution in [0.4, 0.5) is 0 Å². The second kappa shape index (κ2) is 75.0. The van der Waals surface area contributed by atoms with Crippen molar-refractivity contribution in [3.63, 3.8) is 0 Å². The first-order valence-corrected chi connectivity index (χ1v) is 36.3. The van der Waals surface area contributed by atoms with Crippen molar-refractivity contribution in [3.8, 4) is 0 Å². The molecule has 0 fully saturated rings. The van der Waals surface area contributed by atoms with Crippen LogP contribution in [0.5, 0.6) is 0 Å². The summed E-state index contributed by atoms with van der Waals surface area (Å²) in [5, 5.41) is 23.3. The maximum atomic E-state index is 12.5. The lowest BCUT2D eigenvalue weighted by molar-refractivity contribution is -0.123. The minimum Gasteiger partial charge on any atom is -0.394 e. The van der Waals surface area contributed by atoms with Gasteiger partial charge < -0.3 is 15.5 Å². The maximum absolute atomic E-state index is 12.5. The van der Waals surface area contributed by atoms with Crippen LogP contribution in [-0.2, 0) is 4.79 Å². The second-order valence-electron chi connectivity index (χ2n) is 23.9. The van der Waals surface area contributed by atoms with Gasteiger partial charge in [-0.2, -0.15) is 0 Å². The molecular weight excluding hydrogens is 1050 g/mol. The Balaban J connectivity index is 3.64. The quantitative estimate of drug-likeness (QED) is 0.0420. The van der Waals surface area contributed by atoms with Crippen molar-refractivity contribution in [1.29, 1.82) is 0 Å². The van der Waals surface area contributed by atoms with Crippen molar-refractivity contribution in [2.45, 2.75) is 334 Å². The molecule has 0 radical (unpaired) electrons. The van der Waals surface area contributed by atoms with E-state index in [1.54, 1.807) is 6.08 Å². The molecule has 0 aliphatic heterocycles. The van der Waals surface area contributed by atoms with Crippen LogP contribution in [0.15, 0.2) is 170 Å². The molecule has 0 aromatic carbocycles. The van der Waals surface area contributed by atoms with Crippen molar-refractivity contribution in [1.82, 2.24) is 5.32 Å². The summed E-state index contributed by atoms with van der Waals surface area (Å²) < 4.78 is 0. The Hall–Kier alpha value is -4.25. The topological polar surface area (TPSA) is 69.6 Å². The highest BCUT2D eigenvalue weighted by Crippen LogP contribution is 2.17. The van der Waals surface area contributed by atoms with E-state index in [-0.39, 0.29) is 12.5 Å².